The van der Waals surface area contributed by atoms with Crippen molar-refractivity contribution in [1.82, 2.24) is 24.8 Å². The molecule has 0 spiro atoms. The quantitative estimate of drug-likeness (QED) is 0.388. The number of amides is 3. The lowest BCUT2D eigenvalue weighted by Gasteiger charge is -2.23. The molecule has 0 saturated carbocycles. The molecule has 0 aliphatic heterocycles. The normalized spacial score (nSPS) is 12.4. The largest absolute Gasteiger partial charge is 0.443 e. The summed E-state index contributed by atoms with van der Waals surface area (Å²) < 4.78 is 7.09. The van der Waals surface area contributed by atoms with E-state index in [1.54, 1.807) is 36.4 Å². The van der Waals surface area contributed by atoms with Gasteiger partial charge in [-0.2, -0.15) is 0 Å². The standard InChI is InChI=1S/C25H31N7O4/c1-25(2,27)23(34)28-19(13-7-11-17-9-5-4-6-10-17)22-30-29-21-14-8-12-18(32(21)22)16-36-24(35)31(3)15-20(26)33/h4-12,14,19H,13,15-16,27H2,1-3H3,(H2,26,33)(H,28,34)/t19-/m1/s1. The molecule has 5 N–H and O–H groups in total. The van der Waals surface area contributed by atoms with Crippen LogP contribution in [0.3, 0.4) is 0 Å². The Morgan fingerprint density at radius 3 is 2.53 bits per heavy atom. The Morgan fingerprint density at radius 2 is 1.86 bits per heavy atom. The highest BCUT2D eigenvalue weighted by Crippen LogP contribution is 2.21. The Kier molecular flexibility index (Phi) is 8.38. The van der Waals surface area contributed by atoms with Gasteiger partial charge >= 0.3 is 6.09 Å². The van der Waals surface area contributed by atoms with Gasteiger partial charge in [0.2, 0.25) is 11.8 Å². The van der Waals surface area contributed by atoms with Crippen molar-refractivity contribution in [3.8, 4) is 0 Å². The van der Waals surface area contributed by atoms with Crippen LogP contribution in [0.1, 0.15) is 43.4 Å². The number of aromatic nitrogens is 3. The fourth-order valence-corrected chi connectivity index (χ4v) is 3.39. The van der Waals surface area contributed by atoms with Crippen molar-refractivity contribution in [2.24, 2.45) is 11.5 Å². The molecule has 0 bridgehead atoms. The molecule has 3 aromatic rings. The van der Waals surface area contributed by atoms with E-state index < -0.39 is 23.6 Å². The molecular formula is C25H31N7O4. The van der Waals surface area contributed by atoms with Crippen LogP contribution in [-0.4, -0.2) is 56.5 Å². The van der Waals surface area contributed by atoms with E-state index in [2.05, 4.69) is 15.5 Å². The number of benzene rings is 1. The van der Waals surface area contributed by atoms with Crippen LogP contribution in [0.4, 0.5) is 4.79 Å². The fourth-order valence-electron chi connectivity index (χ4n) is 3.39. The maximum Gasteiger partial charge on any atom is 0.410 e. The molecule has 0 aliphatic rings. The molecule has 11 heteroatoms. The first-order valence-corrected chi connectivity index (χ1v) is 11.4. The zero-order valence-corrected chi connectivity index (χ0v) is 20.5. The van der Waals surface area contributed by atoms with Gasteiger partial charge in [-0.15, -0.1) is 10.2 Å². The molecule has 2 heterocycles. The SMILES string of the molecule is CN(CC(N)=O)C(=O)OCc1cccc2nnc([C@@H](CC=Cc3ccccc3)NC(=O)C(C)(C)N)n12. The van der Waals surface area contributed by atoms with Crippen molar-refractivity contribution in [3.63, 3.8) is 0 Å². The molecule has 3 amide bonds. The van der Waals surface area contributed by atoms with Crippen molar-refractivity contribution in [2.75, 3.05) is 13.6 Å². The number of carbonyl (C=O) groups is 3. The second kappa shape index (κ2) is 11.5. The molecule has 0 saturated heterocycles. The number of nitrogens with one attached hydrogen (secondary N) is 1. The molecule has 0 unspecified atom stereocenters. The molecule has 0 aliphatic carbocycles. The van der Waals surface area contributed by atoms with Crippen LogP contribution in [0.5, 0.6) is 0 Å². The third kappa shape index (κ3) is 6.89. The van der Waals surface area contributed by atoms with E-state index in [9.17, 15) is 14.4 Å². The first kappa shape index (κ1) is 26.4. The zero-order valence-electron chi connectivity index (χ0n) is 20.5. The molecule has 3 rings (SSSR count). The molecule has 0 radical (unpaired) electrons. The van der Waals surface area contributed by atoms with Gasteiger partial charge in [-0.25, -0.2) is 4.79 Å². The highest BCUT2D eigenvalue weighted by Gasteiger charge is 2.28. The van der Waals surface area contributed by atoms with Gasteiger partial charge in [0.25, 0.3) is 0 Å². The van der Waals surface area contributed by atoms with E-state index in [0.717, 1.165) is 10.5 Å². The number of pyridine rings is 1. The Balaban J connectivity index is 1.90. The number of likely N-dealkylation sites (N-methyl/N-ethyl adjacent to an activating group) is 1. The predicted octanol–water partition coefficient (Wildman–Crippen LogP) is 1.78. The fraction of sp³-hybridized carbons (Fsp3) is 0.320. The number of hydrogen-bond acceptors (Lipinski definition) is 7. The predicted molar refractivity (Wildman–Crippen MR) is 134 cm³/mol. The monoisotopic (exact) mass is 493 g/mol. The Labute approximate surface area is 209 Å². The van der Waals surface area contributed by atoms with Gasteiger partial charge in [0.05, 0.1) is 17.3 Å². The number of hydrogen-bond donors (Lipinski definition) is 3. The average Bonchev–Trinajstić information content (AvgIpc) is 3.26. The van der Waals surface area contributed by atoms with Gasteiger partial charge in [-0.05, 0) is 38.0 Å². The van der Waals surface area contributed by atoms with Crippen molar-refractivity contribution < 1.29 is 19.1 Å². The van der Waals surface area contributed by atoms with Crippen molar-refractivity contribution >= 4 is 29.6 Å². The minimum atomic E-state index is -1.11. The van der Waals surface area contributed by atoms with Crippen LogP contribution in [0.2, 0.25) is 0 Å². The van der Waals surface area contributed by atoms with E-state index in [4.69, 9.17) is 16.2 Å². The summed E-state index contributed by atoms with van der Waals surface area (Å²) in [6.07, 6.45) is 3.59. The Bertz CT molecular complexity index is 1250. The highest BCUT2D eigenvalue weighted by atomic mass is 16.6. The number of carbonyl (C=O) groups excluding carboxylic acids is 3. The first-order chi connectivity index (χ1) is 17.1. The average molecular weight is 494 g/mol. The summed E-state index contributed by atoms with van der Waals surface area (Å²) in [5.74, 6) is -0.547. The van der Waals surface area contributed by atoms with Crippen LogP contribution in [0, 0.1) is 0 Å². The topological polar surface area (TPSA) is 158 Å². The van der Waals surface area contributed by atoms with Crippen LogP contribution in [0.15, 0.2) is 54.6 Å². The van der Waals surface area contributed by atoms with E-state index in [0.29, 0.717) is 23.6 Å². The number of fused-ring (bicyclic) bond motifs is 1. The molecule has 11 nitrogen and oxygen atoms in total. The number of nitrogens with two attached hydrogens (primary N) is 2. The lowest BCUT2D eigenvalue weighted by atomic mass is 10.0. The molecular weight excluding hydrogens is 462 g/mol. The molecule has 1 aromatic carbocycles. The van der Waals surface area contributed by atoms with Crippen LogP contribution in [0.25, 0.3) is 11.7 Å². The summed E-state index contributed by atoms with van der Waals surface area (Å²) in [5, 5.41) is 11.5. The van der Waals surface area contributed by atoms with Crippen LogP contribution < -0.4 is 16.8 Å². The molecule has 1 atom stereocenters. The zero-order chi connectivity index (χ0) is 26.3. The van der Waals surface area contributed by atoms with Crippen molar-refractivity contribution in [2.45, 2.75) is 38.5 Å². The lowest BCUT2D eigenvalue weighted by Crippen LogP contribution is -2.50. The second-order valence-corrected chi connectivity index (χ2v) is 8.94. The maximum atomic E-state index is 12.8. The van der Waals surface area contributed by atoms with Crippen LogP contribution >= 0.6 is 0 Å². The van der Waals surface area contributed by atoms with Gasteiger partial charge in [0, 0.05) is 7.05 Å². The van der Waals surface area contributed by atoms with Gasteiger partial charge in [0.1, 0.15) is 13.2 Å². The Hall–Kier alpha value is -4.25. The summed E-state index contributed by atoms with van der Waals surface area (Å²) in [6, 6.07) is 14.5. The molecule has 2 aromatic heterocycles. The Morgan fingerprint density at radius 1 is 1.14 bits per heavy atom. The summed E-state index contributed by atoms with van der Waals surface area (Å²) in [5.41, 5.74) is 12.2. The van der Waals surface area contributed by atoms with Crippen LogP contribution in [-0.2, 0) is 20.9 Å². The smallest absolute Gasteiger partial charge is 0.410 e. The van der Waals surface area contributed by atoms with Gasteiger partial charge < -0.3 is 26.4 Å². The number of ether oxygens (including phenoxy) is 1. The van der Waals surface area contributed by atoms with E-state index in [1.807, 2.05) is 42.5 Å². The van der Waals surface area contributed by atoms with Gasteiger partial charge in [0.15, 0.2) is 11.5 Å². The minimum absolute atomic E-state index is 0.118. The summed E-state index contributed by atoms with van der Waals surface area (Å²) in [7, 11) is 1.41. The molecule has 0 fully saturated rings. The molecule has 190 valence electrons. The van der Waals surface area contributed by atoms with E-state index in [1.165, 1.54) is 7.05 Å². The number of primary amides is 1. The van der Waals surface area contributed by atoms with Crippen molar-refractivity contribution in [1.29, 1.82) is 0 Å². The van der Waals surface area contributed by atoms with Crippen molar-refractivity contribution in [3.05, 3.63) is 71.7 Å². The van der Waals surface area contributed by atoms with E-state index in [-0.39, 0.29) is 19.1 Å². The second-order valence-electron chi connectivity index (χ2n) is 8.94. The van der Waals surface area contributed by atoms with E-state index >= 15 is 0 Å². The summed E-state index contributed by atoms with van der Waals surface area (Å²) in [6.45, 7) is 2.86. The number of nitrogens with zero attached hydrogens (tertiary/aromatic N) is 4. The lowest BCUT2D eigenvalue weighted by molar-refractivity contribution is -0.126. The summed E-state index contributed by atoms with van der Waals surface area (Å²) in [4.78, 5) is 37.2. The molecule has 36 heavy (non-hydrogen) atoms. The maximum absolute atomic E-state index is 12.8. The first-order valence-electron chi connectivity index (χ1n) is 11.4. The van der Waals surface area contributed by atoms with Gasteiger partial charge in [-0.1, -0.05) is 48.6 Å². The summed E-state index contributed by atoms with van der Waals surface area (Å²) >= 11 is 0. The third-order valence-corrected chi connectivity index (χ3v) is 5.27. The highest BCUT2D eigenvalue weighted by molar-refractivity contribution is 5.85. The third-order valence-electron chi connectivity index (χ3n) is 5.27. The number of rotatable bonds is 10. The van der Waals surface area contributed by atoms with Gasteiger partial charge in [-0.3, -0.25) is 14.0 Å². The minimum Gasteiger partial charge on any atom is -0.443 e.